The van der Waals surface area contributed by atoms with E-state index in [4.69, 9.17) is 0 Å². The standard InChI is InChI=1S/C15H25N3/c1-3-16-15-12-14(10-11-17-15)18(4-2)13-8-6-5-7-9-13/h10-13H,3-9H2,1-2H3,(H,16,17). The topological polar surface area (TPSA) is 28.2 Å². The molecule has 0 atom stereocenters. The second kappa shape index (κ2) is 6.62. The number of anilines is 2. The first kappa shape index (κ1) is 13.2. The predicted octanol–water partition coefficient (Wildman–Crippen LogP) is 3.67. The molecule has 0 bridgehead atoms. The van der Waals surface area contributed by atoms with Gasteiger partial charge in [0.25, 0.3) is 0 Å². The molecule has 0 aliphatic heterocycles. The first-order chi connectivity index (χ1) is 8.85. The van der Waals surface area contributed by atoms with E-state index in [-0.39, 0.29) is 0 Å². The smallest absolute Gasteiger partial charge is 0.127 e. The second-order valence-corrected chi connectivity index (χ2v) is 5.01. The largest absolute Gasteiger partial charge is 0.370 e. The van der Waals surface area contributed by atoms with Crippen LogP contribution in [0.2, 0.25) is 0 Å². The number of rotatable bonds is 5. The summed E-state index contributed by atoms with van der Waals surface area (Å²) in [6.07, 6.45) is 8.77. The van der Waals surface area contributed by atoms with Gasteiger partial charge in [0.2, 0.25) is 0 Å². The summed E-state index contributed by atoms with van der Waals surface area (Å²) in [7, 11) is 0. The lowest BCUT2D eigenvalue weighted by Gasteiger charge is -2.35. The molecule has 2 rings (SSSR count). The van der Waals surface area contributed by atoms with Gasteiger partial charge in [0.15, 0.2) is 0 Å². The highest BCUT2D eigenvalue weighted by atomic mass is 15.2. The number of nitrogens with zero attached hydrogens (tertiary/aromatic N) is 2. The molecule has 1 aliphatic carbocycles. The first-order valence-electron chi connectivity index (χ1n) is 7.31. The molecule has 1 heterocycles. The van der Waals surface area contributed by atoms with E-state index in [0.717, 1.165) is 24.9 Å². The lowest BCUT2D eigenvalue weighted by Crippen LogP contribution is -2.36. The number of hydrogen-bond donors (Lipinski definition) is 1. The van der Waals surface area contributed by atoms with Crippen LogP contribution in [0, 0.1) is 0 Å². The van der Waals surface area contributed by atoms with Crippen molar-refractivity contribution in [2.24, 2.45) is 0 Å². The minimum atomic E-state index is 0.723. The average Bonchev–Trinajstić information content (AvgIpc) is 2.42. The number of aromatic nitrogens is 1. The molecule has 0 aromatic carbocycles. The fourth-order valence-corrected chi connectivity index (χ4v) is 2.92. The van der Waals surface area contributed by atoms with Crippen molar-refractivity contribution in [3.05, 3.63) is 18.3 Å². The van der Waals surface area contributed by atoms with Gasteiger partial charge in [0, 0.05) is 37.1 Å². The number of nitrogens with one attached hydrogen (secondary N) is 1. The summed E-state index contributed by atoms with van der Waals surface area (Å²) in [5.41, 5.74) is 1.32. The van der Waals surface area contributed by atoms with Gasteiger partial charge >= 0.3 is 0 Å². The van der Waals surface area contributed by atoms with Gasteiger partial charge in [-0.05, 0) is 32.8 Å². The van der Waals surface area contributed by atoms with Crippen LogP contribution in [-0.4, -0.2) is 24.1 Å². The van der Waals surface area contributed by atoms with E-state index in [2.05, 4.69) is 41.2 Å². The highest BCUT2D eigenvalue weighted by Crippen LogP contribution is 2.27. The lowest BCUT2D eigenvalue weighted by atomic mass is 9.94. The van der Waals surface area contributed by atoms with Gasteiger partial charge in [-0.25, -0.2) is 4.98 Å². The van der Waals surface area contributed by atoms with Crippen molar-refractivity contribution in [2.75, 3.05) is 23.3 Å². The Morgan fingerprint density at radius 1 is 1.28 bits per heavy atom. The summed E-state index contributed by atoms with van der Waals surface area (Å²) in [4.78, 5) is 6.90. The number of pyridine rings is 1. The molecular weight excluding hydrogens is 222 g/mol. The Morgan fingerprint density at radius 3 is 2.72 bits per heavy atom. The Morgan fingerprint density at radius 2 is 2.06 bits per heavy atom. The highest BCUT2D eigenvalue weighted by molar-refractivity contribution is 5.54. The van der Waals surface area contributed by atoms with Gasteiger partial charge < -0.3 is 10.2 Å². The van der Waals surface area contributed by atoms with Gasteiger partial charge in [0.05, 0.1) is 0 Å². The Hall–Kier alpha value is -1.25. The van der Waals surface area contributed by atoms with Crippen LogP contribution >= 0.6 is 0 Å². The summed E-state index contributed by atoms with van der Waals surface area (Å²) in [6, 6.07) is 5.04. The maximum absolute atomic E-state index is 4.35. The van der Waals surface area contributed by atoms with E-state index in [1.54, 1.807) is 0 Å². The molecule has 1 N–H and O–H groups in total. The van der Waals surface area contributed by atoms with E-state index < -0.39 is 0 Å². The fourth-order valence-electron chi connectivity index (χ4n) is 2.92. The predicted molar refractivity (Wildman–Crippen MR) is 78.3 cm³/mol. The average molecular weight is 247 g/mol. The molecule has 0 spiro atoms. The Balaban J connectivity index is 2.12. The van der Waals surface area contributed by atoms with Crippen molar-refractivity contribution >= 4 is 11.5 Å². The normalized spacial score (nSPS) is 16.6. The zero-order valence-electron chi connectivity index (χ0n) is 11.7. The molecule has 0 unspecified atom stereocenters. The molecule has 1 fully saturated rings. The van der Waals surface area contributed by atoms with Crippen LogP contribution in [0.3, 0.4) is 0 Å². The van der Waals surface area contributed by atoms with E-state index in [1.165, 1.54) is 37.8 Å². The van der Waals surface area contributed by atoms with Crippen molar-refractivity contribution in [2.45, 2.75) is 52.0 Å². The summed E-state index contributed by atoms with van der Waals surface area (Å²) in [6.45, 7) is 6.36. The Labute approximate surface area is 111 Å². The Kier molecular flexibility index (Phi) is 4.85. The highest BCUT2D eigenvalue weighted by Gasteiger charge is 2.20. The van der Waals surface area contributed by atoms with Gasteiger partial charge in [0.1, 0.15) is 5.82 Å². The van der Waals surface area contributed by atoms with Gasteiger partial charge in [-0.3, -0.25) is 0 Å². The molecule has 1 aliphatic rings. The molecule has 3 nitrogen and oxygen atoms in total. The lowest BCUT2D eigenvalue weighted by molar-refractivity contribution is 0.418. The van der Waals surface area contributed by atoms with Crippen LogP contribution < -0.4 is 10.2 Å². The SMILES string of the molecule is CCNc1cc(N(CC)C2CCCCC2)ccn1. The molecule has 100 valence electrons. The molecule has 1 saturated carbocycles. The van der Waals surface area contributed by atoms with Crippen molar-refractivity contribution in [3.8, 4) is 0 Å². The minimum Gasteiger partial charge on any atom is -0.370 e. The minimum absolute atomic E-state index is 0.723. The third-order valence-corrected chi connectivity index (χ3v) is 3.79. The van der Waals surface area contributed by atoms with Crippen molar-refractivity contribution in [1.29, 1.82) is 0 Å². The number of hydrogen-bond acceptors (Lipinski definition) is 3. The third-order valence-electron chi connectivity index (χ3n) is 3.79. The molecule has 18 heavy (non-hydrogen) atoms. The summed E-state index contributed by atoms with van der Waals surface area (Å²) in [5, 5.41) is 3.29. The van der Waals surface area contributed by atoms with Gasteiger partial charge in [-0.15, -0.1) is 0 Å². The van der Waals surface area contributed by atoms with Gasteiger partial charge in [-0.2, -0.15) is 0 Å². The Bertz CT molecular complexity index is 359. The van der Waals surface area contributed by atoms with Crippen LogP contribution in [-0.2, 0) is 0 Å². The van der Waals surface area contributed by atoms with Crippen LogP contribution in [0.4, 0.5) is 11.5 Å². The maximum atomic E-state index is 4.35. The zero-order valence-corrected chi connectivity index (χ0v) is 11.7. The van der Waals surface area contributed by atoms with Crippen molar-refractivity contribution in [1.82, 2.24) is 4.98 Å². The van der Waals surface area contributed by atoms with Crippen LogP contribution in [0.5, 0.6) is 0 Å². The van der Waals surface area contributed by atoms with E-state index >= 15 is 0 Å². The first-order valence-corrected chi connectivity index (χ1v) is 7.31. The van der Waals surface area contributed by atoms with E-state index in [9.17, 15) is 0 Å². The molecule has 1 aromatic rings. The van der Waals surface area contributed by atoms with E-state index in [1.807, 2.05) is 6.20 Å². The summed E-state index contributed by atoms with van der Waals surface area (Å²) < 4.78 is 0. The monoisotopic (exact) mass is 247 g/mol. The third kappa shape index (κ3) is 3.15. The molecule has 3 heteroatoms. The summed E-state index contributed by atoms with van der Waals surface area (Å²) >= 11 is 0. The molecule has 0 saturated heterocycles. The van der Waals surface area contributed by atoms with E-state index in [0.29, 0.717) is 0 Å². The van der Waals surface area contributed by atoms with Crippen molar-refractivity contribution < 1.29 is 0 Å². The van der Waals surface area contributed by atoms with Crippen LogP contribution in [0.25, 0.3) is 0 Å². The second-order valence-electron chi connectivity index (χ2n) is 5.01. The van der Waals surface area contributed by atoms with Crippen LogP contribution in [0.1, 0.15) is 46.0 Å². The maximum Gasteiger partial charge on any atom is 0.127 e. The van der Waals surface area contributed by atoms with Gasteiger partial charge in [-0.1, -0.05) is 19.3 Å². The van der Waals surface area contributed by atoms with Crippen molar-refractivity contribution in [3.63, 3.8) is 0 Å². The quantitative estimate of drug-likeness (QED) is 0.860. The molecule has 0 radical (unpaired) electrons. The fraction of sp³-hybridized carbons (Fsp3) is 0.667. The molecule has 0 amide bonds. The summed E-state index contributed by atoms with van der Waals surface area (Å²) in [5.74, 6) is 0.990. The zero-order chi connectivity index (χ0) is 12.8. The molecule has 1 aromatic heterocycles. The molecular formula is C15H25N3. The van der Waals surface area contributed by atoms with Crippen LogP contribution in [0.15, 0.2) is 18.3 Å².